The van der Waals surface area contributed by atoms with Crippen molar-refractivity contribution in [2.75, 3.05) is 0 Å². The first-order valence-corrected chi connectivity index (χ1v) is 10.1. The van der Waals surface area contributed by atoms with E-state index in [2.05, 4.69) is 20.8 Å². The molecule has 0 saturated heterocycles. The summed E-state index contributed by atoms with van der Waals surface area (Å²) in [6, 6.07) is 0. The Labute approximate surface area is 139 Å². The van der Waals surface area contributed by atoms with Crippen molar-refractivity contribution in [2.24, 2.45) is 40.4 Å². The zero-order valence-electron chi connectivity index (χ0n) is 14.7. The van der Waals surface area contributed by atoms with Gasteiger partial charge in [-0.1, -0.05) is 47.5 Å². The lowest BCUT2D eigenvalue weighted by atomic mass is 9.45. The van der Waals surface area contributed by atoms with Gasteiger partial charge >= 0.3 is 0 Å². The largest absolute Gasteiger partial charge is 0.0776 e. The summed E-state index contributed by atoms with van der Waals surface area (Å²) in [5.74, 6) is 5.39. The van der Waals surface area contributed by atoms with Crippen LogP contribution in [0.3, 0.4) is 0 Å². The van der Waals surface area contributed by atoms with Crippen molar-refractivity contribution in [3.8, 4) is 0 Å². The first-order chi connectivity index (χ1) is 10.1. The van der Waals surface area contributed by atoms with E-state index < -0.39 is 0 Å². The molecule has 0 heteroatoms. The fraction of sp³-hybridized carbons (Fsp3) is 1.00. The normalized spacial score (nSPS) is 53.9. The van der Waals surface area contributed by atoms with Gasteiger partial charge in [-0.25, -0.2) is 0 Å². The molecule has 0 heterocycles. The van der Waals surface area contributed by atoms with Gasteiger partial charge in [0.2, 0.25) is 0 Å². The van der Waals surface area contributed by atoms with Gasteiger partial charge in [-0.2, -0.15) is 0 Å². The molecule has 0 aromatic carbocycles. The summed E-state index contributed by atoms with van der Waals surface area (Å²) in [5, 5.41) is 0. The third kappa shape index (κ3) is 2.15. The van der Waals surface area contributed by atoms with E-state index in [1.54, 1.807) is 51.4 Å². The van der Waals surface area contributed by atoms with E-state index in [0.717, 1.165) is 35.0 Å². The van der Waals surface area contributed by atoms with Gasteiger partial charge in [0, 0.05) is 0 Å². The van der Waals surface area contributed by atoms with Gasteiger partial charge in [0.05, 0.1) is 0 Å². The van der Waals surface area contributed by atoms with Crippen molar-refractivity contribution in [3.05, 3.63) is 0 Å². The predicted molar refractivity (Wildman–Crippen MR) is 96.9 cm³/mol. The SMILES string of the molecule is C.CC[C@H]1CC[C@H]2[C@@H]3CCC4CCCC[C@]4(C)[C@H]3CC[C@]12C. The molecule has 4 fully saturated rings. The van der Waals surface area contributed by atoms with Crippen molar-refractivity contribution in [1.29, 1.82) is 0 Å². The van der Waals surface area contributed by atoms with Gasteiger partial charge in [-0.3, -0.25) is 0 Å². The fourth-order valence-electron chi connectivity index (χ4n) is 8.07. The Morgan fingerprint density at radius 1 is 0.773 bits per heavy atom. The molecule has 0 bridgehead atoms. The maximum Gasteiger partial charge on any atom is -0.0266 e. The molecule has 4 rings (SSSR count). The average molecular weight is 305 g/mol. The summed E-state index contributed by atoms with van der Waals surface area (Å²) >= 11 is 0. The Kier molecular flexibility index (Phi) is 4.45. The van der Waals surface area contributed by atoms with Gasteiger partial charge in [-0.05, 0) is 91.8 Å². The summed E-state index contributed by atoms with van der Waals surface area (Å²) in [4.78, 5) is 0. The van der Waals surface area contributed by atoms with Crippen LogP contribution in [-0.2, 0) is 0 Å². The van der Waals surface area contributed by atoms with Gasteiger partial charge in [0.15, 0.2) is 0 Å². The van der Waals surface area contributed by atoms with Crippen LogP contribution in [0.4, 0.5) is 0 Å². The van der Waals surface area contributed by atoms with E-state index in [1.807, 2.05) is 0 Å². The van der Waals surface area contributed by atoms with E-state index in [1.165, 1.54) is 19.3 Å². The summed E-state index contributed by atoms with van der Waals surface area (Å²) in [5.41, 5.74) is 1.45. The van der Waals surface area contributed by atoms with Crippen molar-refractivity contribution in [3.63, 3.8) is 0 Å². The highest BCUT2D eigenvalue weighted by atomic mass is 14.6. The number of fused-ring (bicyclic) bond motifs is 5. The Bertz CT molecular complexity index is 399. The summed E-state index contributed by atoms with van der Waals surface area (Å²) in [6.45, 7) is 7.84. The van der Waals surface area contributed by atoms with Crippen LogP contribution in [-0.4, -0.2) is 0 Å². The van der Waals surface area contributed by atoms with E-state index in [0.29, 0.717) is 5.41 Å². The predicted octanol–water partition coefficient (Wildman–Crippen LogP) is 7.08. The van der Waals surface area contributed by atoms with Crippen LogP contribution in [0, 0.1) is 40.4 Å². The number of hydrogen-bond donors (Lipinski definition) is 0. The lowest BCUT2D eigenvalue weighted by Crippen LogP contribution is -2.52. The van der Waals surface area contributed by atoms with Crippen LogP contribution in [0.25, 0.3) is 0 Å². The Hall–Kier alpha value is 0. The van der Waals surface area contributed by atoms with Crippen molar-refractivity contribution in [2.45, 2.75) is 98.8 Å². The van der Waals surface area contributed by atoms with E-state index in [-0.39, 0.29) is 7.43 Å². The Morgan fingerprint density at radius 2 is 1.55 bits per heavy atom. The van der Waals surface area contributed by atoms with Gasteiger partial charge < -0.3 is 0 Å². The quantitative estimate of drug-likeness (QED) is 0.485. The molecule has 1 unspecified atom stereocenters. The highest BCUT2D eigenvalue weighted by Crippen LogP contribution is 2.67. The Balaban J connectivity index is 0.00000144. The molecule has 4 aliphatic carbocycles. The zero-order valence-corrected chi connectivity index (χ0v) is 14.7. The van der Waals surface area contributed by atoms with Crippen molar-refractivity contribution >= 4 is 0 Å². The van der Waals surface area contributed by atoms with Crippen LogP contribution in [0.5, 0.6) is 0 Å². The maximum atomic E-state index is 2.71. The molecule has 0 aliphatic heterocycles. The molecule has 22 heavy (non-hydrogen) atoms. The molecular formula is C22H40. The minimum absolute atomic E-state index is 0. The van der Waals surface area contributed by atoms with Crippen LogP contribution in [0.15, 0.2) is 0 Å². The molecule has 0 aromatic heterocycles. The molecular weight excluding hydrogens is 264 g/mol. The maximum absolute atomic E-state index is 2.71. The van der Waals surface area contributed by atoms with Crippen LogP contribution in [0.1, 0.15) is 98.8 Å². The van der Waals surface area contributed by atoms with Crippen LogP contribution < -0.4 is 0 Å². The molecule has 0 spiro atoms. The van der Waals surface area contributed by atoms with E-state index in [4.69, 9.17) is 0 Å². The minimum atomic E-state index is 0. The second kappa shape index (κ2) is 5.82. The first kappa shape index (κ1) is 16.8. The first-order valence-electron chi connectivity index (χ1n) is 10.1. The smallest absolute Gasteiger partial charge is 0.0266 e. The zero-order chi connectivity index (χ0) is 14.7. The standard InChI is InChI=1S/C21H36.CH4/c1-4-15-9-11-18-17-10-8-16-7-5-6-13-20(16,2)19(17)12-14-21(15,18)3;/h15-19H,4-14H2,1-3H3;1H4/t15-,16?,17-,18-,19-,20-,21+;/m0./s1. The molecule has 0 aromatic rings. The minimum Gasteiger partial charge on any atom is -0.0776 e. The lowest BCUT2D eigenvalue weighted by Gasteiger charge is -2.60. The molecule has 4 saturated carbocycles. The average Bonchev–Trinajstić information content (AvgIpc) is 2.83. The third-order valence-corrected chi connectivity index (χ3v) is 9.27. The highest BCUT2D eigenvalue weighted by molar-refractivity contribution is 5.08. The number of rotatable bonds is 1. The van der Waals surface area contributed by atoms with Gasteiger partial charge in [-0.15, -0.1) is 0 Å². The Morgan fingerprint density at radius 3 is 2.32 bits per heavy atom. The van der Waals surface area contributed by atoms with Crippen molar-refractivity contribution < 1.29 is 0 Å². The van der Waals surface area contributed by atoms with E-state index >= 15 is 0 Å². The lowest BCUT2D eigenvalue weighted by molar-refractivity contribution is -0.110. The second-order valence-electron chi connectivity index (χ2n) is 9.63. The molecule has 4 aliphatic rings. The molecule has 0 radical (unpaired) electrons. The third-order valence-electron chi connectivity index (χ3n) is 9.27. The summed E-state index contributed by atoms with van der Waals surface area (Å²) < 4.78 is 0. The van der Waals surface area contributed by atoms with Crippen LogP contribution in [0.2, 0.25) is 0 Å². The summed E-state index contributed by atoms with van der Waals surface area (Å²) in [7, 11) is 0. The molecule has 0 amide bonds. The highest BCUT2D eigenvalue weighted by Gasteiger charge is 2.59. The van der Waals surface area contributed by atoms with E-state index in [9.17, 15) is 0 Å². The number of hydrogen-bond acceptors (Lipinski definition) is 0. The molecule has 0 nitrogen and oxygen atoms in total. The topological polar surface area (TPSA) is 0 Å². The van der Waals surface area contributed by atoms with Crippen molar-refractivity contribution in [1.82, 2.24) is 0 Å². The second-order valence-corrected chi connectivity index (χ2v) is 9.63. The molecule has 128 valence electrons. The summed E-state index contributed by atoms with van der Waals surface area (Å²) in [6.07, 6.45) is 17.0. The monoisotopic (exact) mass is 304 g/mol. The molecule has 0 N–H and O–H groups in total. The fourth-order valence-corrected chi connectivity index (χ4v) is 8.07. The molecule has 7 atom stereocenters. The van der Waals surface area contributed by atoms with Gasteiger partial charge in [0.25, 0.3) is 0 Å². The van der Waals surface area contributed by atoms with Crippen LogP contribution >= 0.6 is 0 Å². The van der Waals surface area contributed by atoms with Gasteiger partial charge in [0.1, 0.15) is 0 Å².